The van der Waals surface area contributed by atoms with Crippen molar-refractivity contribution in [1.82, 2.24) is 5.43 Å². The highest BCUT2D eigenvalue weighted by atomic mass is 16.2. The molecule has 0 unspecified atom stereocenters. The van der Waals surface area contributed by atoms with Crippen molar-refractivity contribution >= 4 is 5.91 Å². The van der Waals surface area contributed by atoms with E-state index in [1.807, 2.05) is 0 Å². The quantitative estimate of drug-likeness (QED) is 0.389. The van der Waals surface area contributed by atoms with Crippen molar-refractivity contribution in [3.05, 3.63) is 0 Å². The van der Waals surface area contributed by atoms with Crippen LogP contribution in [0, 0.1) is 11.3 Å². The molecule has 0 aromatic rings. The molecule has 0 aromatic carbocycles. The molecule has 3 heteroatoms. The molecule has 76 valence electrons. The van der Waals surface area contributed by atoms with Crippen LogP contribution in [0.3, 0.4) is 0 Å². The third-order valence-electron chi connectivity index (χ3n) is 3.09. The Bertz CT molecular complexity index is 179. The van der Waals surface area contributed by atoms with Gasteiger partial charge in [0.2, 0.25) is 5.91 Å². The number of hydrazine groups is 1. The van der Waals surface area contributed by atoms with Gasteiger partial charge in [0.05, 0.1) is 0 Å². The molecule has 0 aromatic heterocycles. The largest absolute Gasteiger partial charge is 0.294 e. The summed E-state index contributed by atoms with van der Waals surface area (Å²) in [6.07, 6.45) is 5.40. The zero-order valence-electron chi connectivity index (χ0n) is 8.60. The van der Waals surface area contributed by atoms with Crippen LogP contribution >= 0.6 is 0 Å². The monoisotopic (exact) mass is 184 g/mol. The molecule has 0 saturated heterocycles. The number of hydrogen-bond acceptors (Lipinski definition) is 2. The zero-order valence-corrected chi connectivity index (χ0v) is 8.60. The normalized spacial score (nSPS) is 22.7. The van der Waals surface area contributed by atoms with E-state index in [-0.39, 0.29) is 5.91 Å². The zero-order chi connectivity index (χ0) is 9.90. The molecule has 1 saturated carbocycles. The summed E-state index contributed by atoms with van der Waals surface area (Å²) in [7, 11) is 0. The second-order valence-corrected chi connectivity index (χ2v) is 4.88. The Morgan fingerprint density at radius 3 is 2.46 bits per heavy atom. The number of amides is 1. The molecular formula is C10H20N2O. The van der Waals surface area contributed by atoms with Gasteiger partial charge in [-0.15, -0.1) is 0 Å². The molecule has 1 aliphatic rings. The predicted molar refractivity (Wildman–Crippen MR) is 52.7 cm³/mol. The van der Waals surface area contributed by atoms with Gasteiger partial charge >= 0.3 is 0 Å². The molecule has 0 aliphatic heterocycles. The van der Waals surface area contributed by atoms with Crippen LogP contribution in [0.4, 0.5) is 0 Å². The maximum Gasteiger partial charge on any atom is 0.234 e. The lowest BCUT2D eigenvalue weighted by Gasteiger charge is -2.33. The average Bonchev–Trinajstić information content (AvgIpc) is 2.08. The van der Waals surface area contributed by atoms with E-state index >= 15 is 0 Å². The van der Waals surface area contributed by atoms with Gasteiger partial charge < -0.3 is 0 Å². The third kappa shape index (κ3) is 3.35. The molecule has 0 radical (unpaired) electrons. The van der Waals surface area contributed by atoms with E-state index < -0.39 is 0 Å². The summed E-state index contributed by atoms with van der Waals surface area (Å²) in [5.74, 6) is 5.57. The van der Waals surface area contributed by atoms with E-state index in [2.05, 4.69) is 19.3 Å². The average molecular weight is 184 g/mol. The first-order valence-electron chi connectivity index (χ1n) is 5.03. The van der Waals surface area contributed by atoms with Crippen molar-refractivity contribution in [3.8, 4) is 0 Å². The lowest BCUT2D eigenvalue weighted by atomic mass is 9.72. The molecule has 1 amide bonds. The fourth-order valence-electron chi connectivity index (χ4n) is 1.98. The molecule has 0 heterocycles. The SMILES string of the molecule is CC1(C)CCC(CC(=O)NN)CC1. The van der Waals surface area contributed by atoms with Gasteiger partial charge in [0, 0.05) is 6.42 Å². The van der Waals surface area contributed by atoms with Gasteiger partial charge in [0.1, 0.15) is 0 Å². The van der Waals surface area contributed by atoms with E-state index in [0.717, 1.165) is 0 Å². The lowest BCUT2D eigenvalue weighted by Crippen LogP contribution is -2.33. The Labute approximate surface area is 80.0 Å². The topological polar surface area (TPSA) is 55.1 Å². The first-order chi connectivity index (χ1) is 6.03. The number of rotatable bonds is 2. The van der Waals surface area contributed by atoms with Crippen molar-refractivity contribution in [1.29, 1.82) is 0 Å². The molecule has 3 nitrogen and oxygen atoms in total. The molecule has 0 spiro atoms. The minimum absolute atomic E-state index is 0.0234. The molecule has 1 fully saturated rings. The first-order valence-corrected chi connectivity index (χ1v) is 5.03. The number of carbonyl (C=O) groups is 1. The van der Waals surface area contributed by atoms with E-state index in [1.165, 1.54) is 25.7 Å². The van der Waals surface area contributed by atoms with Crippen molar-refractivity contribution in [3.63, 3.8) is 0 Å². The summed E-state index contributed by atoms with van der Waals surface area (Å²) >= 11 is 0. The number of nitrogens with two attached hydrogens (primary N) is 1. The summed E-state index contributed by atoms with van der Waals surface area (Å²) in [6, 6.07) is 0. The molecule has 13 heavy (non-hydrogen) atoms. The van der Waals surface area contributed by atoms with Crippen molar-refractivity contribution in [2.24, 2.45) is 17.2 Å². The molecule has 0 atom stereocenters. The van der Waals surface area contributed by atoms with E-state index in [4.69, 9.17) is 5.84 Å². The van der Waals surface area contributed by atoms with Crippen LogP contribution < -0.4 is 11.3 Å². The number of nitrogens with one attached hydrogen (secondary N) is 1. The highest BCUT2D eigenvalue weighted by Crippen LogP contribution is 2.38. The van der Waals surface area contributed by atoms with Gasteiger partial charge in [0.25, 0.3) is 0 Å². The maximum atomic E-state index is 11.0. The fraction of sp³-hybridized carbons (Fsp3) is 0.900. The second-order valence-electron chi connectivity index (χ2n) is 4.88. The van der Waals surface area contributed by atoms with Crippen LogP contribution in [0.15, 0.2) is 0 Å². The van der Waals surface area contributed by atoms with Gasteiger partial charge in [-0.05, 0) is 37.0 Å². The van der Waals surface area contributed by atoms with Crippen LogP contribution in [0.5, 0.6) is 0 Å². The molecule has 0 bridgehead atoms. The Hall–Kier alpha value is -0.570. The van der Waals surface area contributed by atoms with E-state index in [1.54, 1.807) is 0 Å². The maximum absolute atomic E-state index is 11.0. The van der Waals surface area contributed by atoms with Gasteiger partial charge in [-0.25, -0.2) is 5.84 Å². The molecule has 1 rings (SSSR count). The highest BCUT2D eigenvalue weighted by Gasteiger charge is 2.27. The van der Waals surface area contributed by atoms with Gasteiger partial charge in [-0.2, -0.15) is 0 Å². The predicted octanol–water partition coefficient (Wildman–Crippen LogP) is 1.58. The minimum atomic E-state index is -0.0234. The fourth-order valence-corrected chi connectivity index (χ4v) is 1.98. The van der Waals surface area contributed by atoms with Crippen LogP contribution in [0.1, 0.15) is 46.0 Å². The van der Waals surface area contributed by atoms with E-state index in [9.17, 15) is 4.79 Å². The van der Waals surface area contributed by atoms with Gasteiger partial charge in [-0.3, -0.25) is 10.2 Å². The molecule has 1 aliphatic carbocycles. The Kier molecular flexibility index (Phi) is 3.31. The van der Waals surface area contributed by atoms with Crippen molar-refractivity contribution in [2.45, 2.75) is 46.0 Å². The molecular weight excluding hydrogens is 164 g/mol. The van der Waals surface area contributed by atoms with E-state index in [0.29, 0.717) is 17.8 Å². The van der Waals surface area contributed by atoms with Crippen LogP contribution in [-0.4, -0.2) is 5.91 Å². The van der Waals surface area contributed by atoms with Crippen molar-refractivity contribution < 1.29 is 4.79 Å². The van der Waals surface area contributed by atoms with Crippen LogP contribution in [0.2, 0.25) is 0 Å². The summed E-state index contributed by atoms with van der Waals surface area (Å²) in [5.41, 5.74) is 2.68. The summed E-state index contributed by atoms with van der Waals surface area (Å²) in [4.78, 5) is 11.0. The lowest BCUT2D eigenvalue weighted by molar-refractivity contribution is -0.122. The van der Waals surface area contributed by atoms with Gasteiger partial charge in [-0.1, -0.05) is 13.8 Å². The Balaban J connectivity index is 2.29. The standard InChI is InChI=1S/C10H20N2O/c1-10(2)5-3-8(4-6-10)7-9(13)12-11/h8H,3-7,11H2,1-2H3,(H,12,13). The summed E-state index contributed by atoms with van der Waals surface area (Å²) in [5, 5.41) is 0. The second kappa shape index (κ2) is 4.09. The Morgan fingerprint density at radius 2 is 2.00 bits per heavy atom. The Morgan fingerprint density at radius 1 is 1.46 bits per heavy atom. The highest BCUT2D eigenvalue weighted by molar-refractivity contribution is 5.75. The smallest absolute Gasteiger partial charge is 0.234 e. The number of carbonyl (C=O) groups excluding carboxylic acids is 1. The summed E-state index contributed by atoms with van der Waals surface area (Å²) in [6.45, 7) is 4.60. The first kappa shape index (κ1) is 10.5. The number of hydrogen-bond donors (Lipinski definition) is 2. The van der Waals surface area contributed by atoms with Crippen molar-refractivity contribution in [2.75, 3.05) is 0 Å². The minimum Gasteiger partial charge on any atom is -0.294 e. The third-order valence-corrected chi connectivity index (χ3v) is 3.09. The van der Waals surface area contributed by atoms with Crippen LogP contribution in [-0.2, 0) is 4.79 Å². The van der Waals surface area contributed by atoms with Crippen LogP contribution in [0.25, 0.3) is 0 Å². The van der Waals surface area contributed by atoms with Gasteiger partial charge in [0.15, 0.2) is 0 Å². The molecule has 3 N–H and O–H groups in total. The summed E-state index contributed by atoms with van der Waals surface area (Å²) < 4.78 is 0.